The number of esters is 1. The number of hydrogen-bond acceptors (Lipinski definition) is 7. The molecule has 0 amide bonds. The molecular formula is C29H29NO7S. The van der Waals surface area contributed by atoms with Gasteiger partial charge in [-0.05, 0) is 67.8 Å². The highest BCUT2D eigenvalue weighted by Crippen LogP contribution is 2.34. The van der Waals surface area contributed by atoms with Gasteiger partial charge in [0.1, 0.15) is 23.1 Å². The summed E-state index contributed by atoms with van der Waals surface area (Å²) in [5.41, 5.74) is 2.54. The van der Waals surface area contributed by atoms with Crippen LogP contribution in [-0.4, -0.2) is 27.5 Å². The van der Waals surface area contributed by atoms with Gasteiger partial charge in [0.15, 0.2) is 0 Å². The van der Waals surface area contributed by atoms with E-state index in [9.17, 15) is 18.0 Å². The van der Waals surface area contributed by atoms with Gasteiger partial charge in [-0.25, -0.2) is 18.0 Å². The summed E-state index contributed by atoms with van der Waals surface area (Å²) in [6.07, 6.45) is 0.792. The van der Waals surface area contributed by atoms with Crippen molar-refractivity contribution in [2.24, 2.45) is 0 Å². The minimum absolute atomic E-state index is 0.0618. The number of fused-ring (bicyclic) bond motifs is 1. The van der Waals surface area contributed by atoms with Crippen LogP contribution in [0.3, 0.4) is 0 Å². The fourth-order valence-corrected chi connectivity index (χ4v) is 5.35. The van der Waals surface area contributed by atoms with E-state index in [2.05, 4.69) is 4.72 Å². The number of benzene rings is 3. The van der Waals surface area contributed by atoms with Gasteiger partial charge in [0.25, 0.3) is 0 Å². The van der Waals surface area contributed by atoms with Crippen LogP contribution in [0.2, 0.25) is 0 Å². The molecule has 0 unspecified atom stereocenters. The Morgan fingerprint density at radius 3 is 2.32 bits per heavy atom. The molecule has 4 rings (SSSR count). The Bertz CT molecular complexity index is 1620. The third-order valence-electron chi connectivity index (χ3n) is 6.21. The molecular weight excluding hydrogens is 506 g/mol. The second kappa shape index (κ2) is 11.2. The molecule has 1 atom stereocenters. The summed E-state index contributed by atoms with van der Waals surface area (Å²) in [6.45, 7) is 5.38. The van der Waals surface area contributed by atoms with Gasteiger partial charge in [-0.3, -0.25) is 0 Å². The zero-order valence-corrected chi connectivity index (χ0v) is 22.4. The number of ether oxygens (including phenoxy) is 2. The Hall–Kier alpha value is -3.95. The molecule has 0 saturated heterocycles. The van der Waals surface area contributed by atoms with E-state index in [4.69, 9.17) is 13.9 Å². The first-order valence-electron chi connectivity index (χ1n) is 12.2. The van der Waals surface area contributed by atoms with Crippen LogP contribution in [-0.2, 0) is 14.8 Å². The molecule has 0 fully saturated rings. The molecule has 8 nitrogen and oxygen atoms in total. The molecule has 0 bridgehead atoms. The van der Waals surface area contributed by atoms with Crippen molar-refractivity contribution in [3.8, 4) is 22.6 Å². The third kappa shape index (κ3) is 5.79. The summed E-state index contributed by atoms with van der Waals surface area (Å²) in [5, 5.41) is 0.664. The quantitative estimate of drug-likeness (QED) is 0.179. The van der Waals surface area contributed by atoms with Crippen molar-refractivity contribution in [1.82, 2.24) is 4.72 Å². The van der Waals surface area contributed by atoms with E-state index in [1.807, 2.05) is 26.0 Å². The molecule has 38 heavy (non-hydrogen) atoms. The smallest absolute Gasteiger partial charge is 0.336 e. The molecule has 198 valence electrons. The van der Waals surface area contributed by atoms with Crippen LogP contribution >= 0.6 is 0 Å². The molecule has 0 spiro atoms. The van der Waals surface area contributed by atoms with Gasteiger partial charge in [0.05, 0.1) is 12.0 Å². The minimum Gasteiger partial charge on any atom is -0.497 e. The van der Waals surface area contributed by atoms with Crippen LogP contribution < -0.4 is 19.8 Å². The number of nitrogens with one attached hydrogen (secondary N) is 1. The molecule has 1 heterocycles. The third-order valence-corrected chi connectivity index (χ3v) is 7.70. The van der Waals surface area contributed by atoms with E-state index in [1.165, 1.54) is 18.2 Å². The Morgan fingerprint density at radius 1 is 1.00 bits per heavy atom. The number of carbonyl (C=O) groups excluding carboxylic acids is 1. The van der Waals surface area contributed by atoms with Crippen LogP contribution in [0.25, 0.3) is 22.1 Å². The van der Waals surface area contributed by atoms with E-state index in [0.717, 1.165) is 11.1 Å². The minimum atomic E-state index is -3.95. The summed E-state index contributed by atoms with van der Waals surface area (Å²) in [4.78, 5) is 25.6. The number of sulfonamides is 1. The van der Waals surface area contributed by atoms with Crippen molar-refractivity contribution >= 4 is 27.0 Å². The maximum atomic E-state index is 13.1. The molecule has 0 aliphatic rings. The number of aryl methyl sites for hydroxylation is 2. The first-order chi connectivity index (χ1) is 18.1. The zero-order valence-electron chi connectivity index (χ0n) is 21.6. The first-order valence-corrected chi connectivity index (χ1v) is 13.6. The maximum absolute atomic E-state index is 13.1. The van der Waals surface area contributed by atoms with Crippen LogP contribution in [0.4, 0.5) is 0 Å². The summed E-state index contributed by atoms with van der Waals surface area (Å²) in [6, 6.07) is 17.3. The Labute approximate surface area is 221 Å². The van der Waals surface area contributed by atoms with Crippen molar-refractivity contribution in [2.75, 3.05) is 7.11 Å². The van der Waals surface area contributed by atoms with E-state index < -0.39 is 27.7 Å². The van der Waals surface area contributed by atoms with E-state index >= 15 is 0 Å². The van der Waals surface area contributed by atoms with Gasteiger partial charge < -0.3 is 13.9 Å². The lowest BCUT2D eigenvalue weighted by atomic mass is 10.00. The van der Waals surface area contributed by atoms with Gasteiger partial charge in [0.2, 0.25) is 10.0 Å². The highest BCUT2D eigenvalue weighted by molar-refractivity contribution is 7.89. The number of hydrogen-bond donors (Lipinski definition) is 1. The summed E-state index contributed by atoms with van der Waals surface area (Å²) < 4.78 is 44.6. The normalized spacial score (nSPS) is 12.3. The standard InChI is InChI=1S/C29H29NO7S/c1-5-6-25(30-38(33,34)22-13-7-18(2)8-14-22)29(32)36-26-16-15-23-24(17-27(31)37-28(23)19(26)3)20-9-11-21(35-4)12-10-20/h7-17,25,30H,5-6H2,1-4H3/t25-/m1/s1. The Kier molecular flexibility index (Phi) is 7.99. The highest BCUT2D eigenvalue weighted by Gasteiger charge is 2.27. The van der Waals surface area contributed by atoms with Gasteiger partial charge in [-0.1, -0.05) is 43.2 Å². The zero-order chi connectivity index (χ0) is 27.4. The van der Waals surface area contributed by atoms with Crippen molar-refractivity contribution in [1.29, 1.82) is 0 Å². The molecule has 1 N–H and O–H groups in total. The first kappa shape index (κ1) is 27.1. The van der Waals surface area contributed by atoms with Crippen LogP contribution in [0.15, 0.2) is 80.8 Å². The monoisotopic (exact) mass is 535 g/mol. The Morgan fingerprint density at radius 2 is 1.68 bits per heavy atom. The average molecular weight is 536 g/mol. The largest absolute Gasteiger partial charge is 0.497 e. The molecule has 0 saturated carbocycles. The number of carbonyl (C=O) groups is 1. The van der Waals surface area contributed by atoms with Gasteiger partial charge >= 0.3 is 11.6 Å². The lowest BCUT2D eigenvalue weighted by Gasteiger charge is -2.18. The van der Waals surface area contributed by atoms with E-state index in [0.29, 0.717) is 28.7 Å². The molecule has 0 radical (unpaired) electrons. The van der Waals surface area contributed by atoms with E-state index in [1.54, 1.807) is 50.4 Å². The van der Waals surface area contributed by atoms with Crippen LogP contribution in [0, 0.1) is 13.8 Å². The molecule has 1 aromatic heterocycles. The van der Waals surface area contributed by atoms with Crippen LogP contribution in [0.1, 0.15) is 30.9 Å². The van der Waals surface area contributed by atoms with Gasteiger partial charge in [-0.2, -0.15) is 4.72 Å². The summed E-state index contributed by atoms with van der Waals surface area (Å²) in [7, 11) is -2.37. The van der Waals surface area contributed by atoms with Crippen LogP contribution in [0.5, 0.6) is 11.5 Å². The topological polar surface area (TPSA) is 112 Å². The van der Waals surface area contributed by atoms with Gasteiger partial charge in [0, 0.05) is 17.0 Å². The highest BCUT2D eigenvalue weighted by atomic mass is 32.2. The van der Waals surface area contributed by atoms with Crippen molar-refractivity contribution in [2.45, 2.75) is 44.6 Å². The molecule has 0 aliphatic heterocycles. The predicted molar refractivity (Wildman–Crippen MR) is 145 cm³/mol. The fraction of sp³-hybridized carbons (Fsp3) is 0.241. The second-order valence-corrected chi connectivity index (χ2v) is 10.7. The fourth-order valence-electron chi connectivity index (χ4n) is 4.13. The number of methoxy groups -OCH3 is 1. The Balaban J connectivity index is 1.64. The molecule has 3 aromatic carbocycles. The lowest BCUT2D eigenvalue weighted by Crippen LogP contribution is -2.42. The summed E-state index contributed by atoms with van der Waals surface area (Å²) in [5.74, 6) is 0.109. The van der Waals surface area contributed by atoms with Gasteiger partial charge in [-0.15, -0.1) is 0 Å². The maximum Gasteiger partial charge on any atom is 0.336 e. The van der Waals surface area contributed by atoms with E-state index in [-0.39, 0.29) is 22.6 Å². The molecule has 4 aromatic rings. The SMILES string of the molecule is CCC[C@@H](NS(=O)(=O)c1ccc(C)cc1)C(=O)Oc1ccc2c(-c3ccc(OC)cc3)cc(=O)oc2c1C. The van der Waals surface area contributed by atoms with Crippen molar-refractivity contribution in [3.63, 3.8) is 0 Å². The van der Waals surface area contributed by atoms with Crippen molar-refractivity contribution in [3.05, 3.63) is 88.3 Å². The molecule has 9 heteroatoms. The summed E-state index contributed by atoms with van der Waals surface area (Å²) >= 11 is 0. The predicted octanol–water partition coefficient (Wildman–Crippen LogP) is 5.14. The number of rotatable bonds is 9. The average Bonchev–Trinajstić information content (AvgIpc) is 2.90. The second-order valence-electron chi connectivity index (χ2n) is 8.97. The van der Waals surface area contributed by atoms with Crippen molar-refractivity contribution < 1.29 is 27.1 Å². The lowest BCUT2D eigenvalue weighted by molar-refractivity contribution is -0.136. The molecule has 0 aliphatic carbocycles.